The van der Waals surface area contributed by atoms with Crippen LogP contribution in [-0.2, 0) is 14.3 Å². The van der Waals surface area contributed by atoms with Crippen molar-refractivity contribution in [2.24, 2.45) is 5.92 Å². The largest absolute Gasteiger partial charge is 0.481 e. The summed E-state index contributed by atoms with van der Waals surface area (Å²) in [5.74, 6) is -1.59. The van der Waals surface area contributed by atoms with Crippen LogP contribution < -0.4 is 10.6 Å². The van der Waals surface area contributed by atoms with E-state index < -0.39 is 30.1 Å². The van der Waals surface area contributed by atoms with Crippen molar-refractivity contribution in [1.29, 1.82) is 0 Å². The minimum atomic E-state index is -0.993. The molecule has 34 heavy (non-hydrogen) atoms. The molecule has 2 atom stereocenters. The van der Waals surface area contributed by atoms with Crippen molar-refractivity contribution in [2.45, 2.75) is 38.3 Å². The van der Waals surface area contributed by atoms with Gasteiger partial charge in [0.15, 0.2) is 0 Å². The Kier molecular flexibility index (Phi) is 8.28. The molecule has 0 aliphatic heterocycles. The average Bonchev–Trinajstić information content (AvgIpc) is 3.10. The summed E-state index contributed by atoms with van der Waals surface area (Å²) in [6.45, 7) is 4.07. The van der Waals surface area contributed by atoms with Gasteiger partial charge in [0.1, 0.15) is 12.6 Å². The van der Waals surface area contributed by atoms with E-state index in [0.717, 1.165) is 22.3 Å². The summed E-state index contributed by atoms with van der Waals surface area (Å²) >= 11 is 0. The molecule has 0 radical (unpaired) electrons. The topological polar surface area (TPSA) is 108 Å². The number of nitrogens with one attached hydrogen (secondary N) is 2. The lowest BCUT2D eigenvalue weighted by Gasteiger charge is -2.26. The average molecular weight is 468 g/mol. The Balaban J connectivity index is 1.66. The van der Waals surface area contributed by atoms with Crippen LogP contribution in [0.5, 0.6) is 0 Å². The van der Waals surface area contributed by atoms with Crippen LogP contribution in [0.2, 0.25) is 0 Å². The molecular formula is C26H33N3O5. The fourth-order valence-electron chi connectivity index (χ4n) is 4.27. The fraction of sp³-hybridized carbons (Fsp3) is 0.423. The van der Waals surface area contributed by atoms with Gasteiger partial charge in [-0.1, -0.05) is 62.4 Å². The number of carboxylic acid groups (broad SMARTS) is 1. The molecule has 0 spiro atoms. The highest BCUT2D eigenvalue weighted by Crippen LogP contribution is 2.44. The molecule has 1 aliphatic rings. The van der Waals surface area contributed by atoms with Gasteiger partial charge in [0.25, 0.3) is 0 Å². The van der Waals surface area contributed by atoms with Gasteiger partial charge in [-0.15, -0.1) is 0 Å². The lowest BCUT2D eigenvalue weighted by atomic mass is 9.98. The third kappa shape index (κ3) is 6.14. The summed E-state index contributed by atoms with van der Waals surface area (Å²) in [6.07, 6.45) is -0.883. The lowest BCUT2D eigenvalue weighted by molar-refractivity contribution is -0.138. The van der Waals surface area contributed by atoms with E-state index in [1.807, 2.05) is 50.2 Å². The van der Waals surface area contributed by atoms with Crippen molar-refractivity contribution in [3.05, 3.63) is 59.7 Å². The molecule has 0 unspecified atom stereocenters. The van der Waals surface area contributed by atoms with Crippen molar-refractivity contribution < 1.29 is 24.2 Å². The quantitative estimate of drug-likeness (QED) is 0.496. The molecule has 8 heteroatoms. The molecular weight excluding hydrogens is 434 g/mol. The van der Waals surface area contributed by atoms with Crippen LogP contribution in [0.3, 0.4) is 0 Å². The number of aliphatic carboxylic acids is 1. The van der Waals surface area contributed by atoms with Gasteiger partial charge >= 0.3 is 12.1 Å². The van der Waals surface area contributed by atoms with Gasteiger partial charge in [-0.3, -0.25) is 9.59 Å². The van der Waals surface area contributed by atoms with Crippen LogP contribution in [-0.4, -0.2) is 67.3 Å². The summed E-state index contributed by atoms with van der Waals surface area (Å²) in [6, 6.07) is 14.7. The third-order valence-corrected chi connectivity index (χ3v) is 6.03. The zero-order chi connectivity index (χ0) is 24.8. The second kappa shape index (κ2) is 11.2. The molecule has 0 heterocycles. The summed E-state index contributed by atoms with van der Waals surface area (Å²) in [7, 11) is 3.58. The van der Waals surface area contributed by atoms with Crippen LogP contribution in [0.1, 0.15) is 37.3 Å². The number of alkyl carbamates (subject to hydrolysis) is 1. The SMILES string of the molecule is CC(C)[C@@H](CC(=O)O)NC(=O)[C@H](CN(C)C)NC(=O)OCC1c2ccccc2-c2ccccc21. The lowest BCUT2D eigenvalue weighted by Crippen LogP contribution is -2.54. The Morgan fingerprint density at radius 1 is 0.971 bits per heavy atom. The van der Waals surface area contributed by atoms with Gasteiger partial charge in [0.05, 0.1) is 6.42 Å². The molecule has 2 aromatic rings. The van der Waals surface area contributed by atoms with Crippen molar-refractivity contribution in [2.75, 3.05) is 27.2 Å². The van der Waals surface area contributed by atoms with Crippen LogP contribution in [0.4, 0.5) is 4.79 Å². The first-order valence-electron chi connectivity index (χ1n) is 11.5. The number of nitrogens with zero attached hydrogens (tertiary/aromatic N) is 1. The van der Waals surface area contributed by atoms with E-state index in [4.69, 9.17) is 9.84 Å². The number of amides is 2. The molecule has 1 aliphatic carbocycles. The standard InChI is InChI=1S/C26H33N3O5/c1-16(2)22(13-24(30)31)27-25(32)23(14-29(3)4)28-26(33)34-15-21-19-11-7-5-9-17(19)18-10-6-8-12-20(18)21/h5-12,16,21-23H,13-15H2,1-4H3,(H,27,32)(H,28,33)(H,30,31)/t22-,23+/m1/s1. The number of fused-ring (bicyclic) bond motifs is 3. The number of ether oxygens (including phenoxy) is 1. The zero-order valence-corrected chi connectivity index (χ0v) is 20.1. The van der Waals surface area contributed by atoms with E-state index in [1.165, 1.54) is 0 Å². The van der Waals surface area contributed by atoms with E-state index in [0.29, 0.717) is 0 Å². The number of carboxylic acids is 1. The maximum atomic E-state index is 12.9. The Morgan fingerprint density at radius 2 is 1.53 bits per heavy atom. The van der Waals surface area contributed by atoms with Crippen molar-refractivity contribution in [3.63, 3.8) is 0 Å². The Hall–Kier alpha value is -3.39. The van der Waals surface area contributed by atoms with E-state index in [9.17, 15) is 14.4 Å². The molecule has 182 valence electrons. The number of benzene rings is 2. The molecule has 3 N–H and O–H groups in total. The number of hydrogen-bond donors (Lipinski definition) is 3. The third-order valence-electron chi connectivity index (χ3n) is 6.03. The molecule has 8 nitrogen and oxygen atoms in total. The number of carbonyl (C=O) groups excluding carboxylic acids is 2. The monoisotopic (exact) mass is 467 g/mol. The Bertz CT molecular complexity index is 991. The predicted octanol–water partition coefficient (Wildman–Crippen LogP) is 3.07. The second-order valence-electron chi connectivity index (χ2n) is 9.24. The van der Waals surface area contributed by atoms with Crippen LogP contribution >= 0.6 is 0 Å². The van der Waals surface area contributed by atoms with Crippen molar-refractivity contribution >= 4 is 18.0 Å². The number of rotatable bonds is 10. The first kappa shape index (κ1) is 25.2. The minimum Gasteiger partial charge on any atom is -0.481 e. The maximum Gasteiger partial charge on any atom is 0.407 e. The smallest absolute Gasteiger partial charge is 0.407 e. The highest BCUT2D eigenvalue weighted by atomic mass is 16.5. The maximum absolute atomic E-state index is 12.9. The molecule has 3 rings (SSSR count). The molecule has 2 aromatic carbocycles. The Morgan fingerprint density at radius 3 is 2.03 bits per heavy atom. The molecule has 2 amide bonds. The van der Waals surface area contributed by atoms with E-state index in [2.05, 4.69) is 22.8 Å². The number of hydrogen-bond acceptors (Lipinski definition) is 5. The first-order chi connectivity index (χ1) is 16.2. The first-order valence-corrected chi connectivity index (χ1v) is 11.5. The molecule has 0 saturated heterocycles. The minimum absolute atomic E-state index is 0.0745. The highest BCUT2D eigenvalue weighted by molar-refractivity contribution is 5.86. The van der Waals surface area contributed by atoms with E-state index >= 15 is 0 Å². The fourth-order valence-corrected chi connectivity index (χ4v) is 4.27. The van der Waals surface area contributed by atoms with Crippen molar-refractivity contribution in [3.8, 4) is 11.1 Å². The van der Waals surface area contributed by atoms with Gasteiger partial charge < -0.3 is 25.4 Å². The summed E-state index contributed by atoms with van der Waals surface area (Å²) in [5.41, 5.74) is 4.48. The Labute approximate surface area is 200 Å². The number of likely N-dealkylation sites (N-methyl/N-ethyl adjacent to an activating group) is 1. The summed E-state index contributed by atoms with van der Waals surface area (Å²) < 4.78 is 5.58. The molecule has 0 fully saturated rings. The normalized spacial score (nSPS) is 14.3. The van der Waals surface area contributed by atoms with Gasteiger partial charge in [-0.25, -0.2) is 4.79 Å². The van der Waals surface area contributed by atoms with Crippen molar-refractivity contribution in [1.82, 2.24) is 15.5 Å². The van der Waals surface area contributed by atoms with Crippen LogP contribution in [0, 0.1) is 5.92 Å². The zero-order valence-electron chi connectivity index (χ0n) is 20.1. The van der Waals surface area contributed by atoms with Gasteiger partial charge in [0, 0.05) is 18.5 Å². The molecule has 0 aromatic heterocycles. The van der Waals surface area contributed by atoms with Gasteiger partial charge in [0.2, 0.25) is 5.91 Å². The van der Waals surface area contributed by atoms with Gasteiger partial charge in [-0.05, 0) is 42.3 Å². The number of carbonyl (C=O) groups is 3. The predicted molar refractivity (Wildman–Crippen MR) is 130 cm³/mol. The molecule has 0 bridgehead atoms. The summed E-state index contributed by atoms with van der Waals surface area (Å²) in [5, 5.41) is 14.6. The summed E-state index contributed by atoms with van der Waals surface area (Å²) in [4.78, 5) is 38.5. The van der Waals surface area contributed by atoms with Crippen LogP contribution in [0.25, 0.3) is 11.1 Å². The van der Waals surface area contributed by atoms with E-state index in [-0.39, 0.29) is 31.4 Å². The highest BCUT2D eigenvalue weighted by Gasteiger charge is 2.30. The molecule has 0 saturated carbocycles. The second-order valence-corrected chi connectivity index (χ2v) is 9.24. The van der Waals surface area contributed by atoms with Gasteiger partial charge in [-0.2, -0.15) is 0 Å². The van der Waals surface area contributed by atoms with E-state index in [1.54, 1.807) is 19.0 Å². The van der Waals surface area contributed by atoms with Crippen LogP contribution in [0.15, 0.2) is 48.5 Å².